The molecule has 0 amide bonds. The lowest BCUT2D eigenvalue weighted by molar-refractivity contribution is 0.361. The van der Waals surface area contributed by atoms with E-state index in [0.29, 0.717) is 18.1 Å². The second-order valence-electron chi connectivity index (χ2n) is 8.44. The number of hydrogen-bond donors (Lipinski definition) is 4. The van der Waals surface area contributed by atoms with Gasteiger partial charge in [-0.25, -0.2) is 0 Å². The van der Waals surface area contributed by atoms with E-state index in [0.717, 1.165) is 0 Å². The molecular formula is C19H40N4Si. The molecule has 3 fully saturated rings. The Hall–Kier alpha value is 0.0569. The lowest BCUT2D eigenvalue weighted by Gasteiger charge is -2.43. The van der Waals surface area contributed by atoms with Crippen LogP contribution in [-0.4, -0.2) is 33.9 Å². The zero-order valence-corrected chi connectivity index (χ0v) is 16.8. The maximum Gasteiger partial charge on any atom is 0.366 e. The highest BCUT2D eigenvalue weighted by Gasteiger charge is 2.40. The Kier molecular flexibility index (Phi) is 7.59. The van der Waals surface area contributed by atoms with Gasteiger partial charge < -0.3 is 4.98 Å². The van der Waals surface area contributed by atoms with Crippen LogP contribution in [0.5, 0.6) is 0 Å². The average molecular weight is 353 g/mol. The van der Waals surface area contributed by atoms with Crippen molar-refractivity contribution in [1.82, 2.24) is 19.9 Å². The summed E-state index contributed by atoms with van der Waals surface area (Å²) in [4.78, 5) is 16.1. The standard InChI is InChI=1S/C19H40N4Si/c1-20-24(21-17-11-5-2-6-12-17,22-18-13-7-3-8-14-18)23-19-15-9-4-10-16-19/h17-23H,2-16H2,1H3. The van der Waals surface area contributed by atoms with Crippen molar-refractivity contribution in [1.29, 1.82) is 0 Å². The number of hydrogen-bond acceptors (Lipinski definition) is 4. The van der Waals surface area contributed by atoms with Crippen LogP contribution in [0.2, 0.25) is 0 Å². The average Bonchev–Trinajstić information content (AvgIpc) is 2.64. The van der Waals surface area contributed by atoms with E-state index in [1.807, 2.05) is 0 Å². The van der Waals surface area contributed by atoms with Crippen molar-refractivity contribution >= 4 is 8.72 Å². The molecule has 5 heteroatoms. The summed E-state index contributed by atoms with van der Waals surface area (Å²) in [6.45, 7) is 0. The third-order valence-corrected chi connectivity index (χ3v) is 9.73. The summed E-state index contributed by atoms with van der Waals surface area (Å²) in [5, 5.41) is 0. The maximum atomic E-state index is 4.12. The smallest absolute Gasteiger partial charge is 0.303 e. The van der Waals surface area contributed by atoms with Gasteiger partial charge in [-0.15, -0.1) is 0 Å². The molecule has 0 aromatic carbocycles. The lowest BCUT2D eigenvalue weighted by atomic mass is 9.96. The molecule has 0 heterocycles. The van der Waals surface area contributed by atoms with Crippen LogP contribution in [0.1, 0.15) is 96.3 Å². The normalized spacial score (nSPS) is 25.9. The van der Waals surface area contributed by atoms with Gasteiger partial charge in [-0.2, -0.15) is 0 Å². The van der Waals surface area contributed by atoms with Gasteiger partial charge in [-0.1, -0.05) is 57.8 Å². The molecule has 0 spiro atoms. The minimum Gasteiger partial charge on any atom is -0.303 e. The predicted octanol–water partition coefficient (Wildman–Crippen LogP) is 3.41. The summed E-state index contributed by atoms with van der Waals surface area (Å²) in [6, 6.07) is 2.10. The zero-order valence-electron chi connectivity index (χ0n) is 15.8. The van der Waals surface area contributed by atoms with E-state index in [4.69, 9.17) is 0 Å². The number of rotatable bonds is 7. The highest BCUT2D eigenvalue weighted by Crippen LogP contribution is 2.22. The Labute approximate surface area is 150 Å². The Morgan fingerprint density at radius 2 is 0.792 bits per heavy atom. The van der Waals surface area contributed by atoms with Crippen molar-refractivity contribution in [3.8, 4) is 0 Å². The van der Waals surface area contributed by atoms with Gasteiger partial charge in [0.2, 0.25) is 0 Å². The molecule has 3 rings (SSSR count). The van der Waals surface area contributed by atoms with E-state index in [2.05, 4.69) is 27.0 Å². The minimum absolute atomic E-state index is 0.699. The number of nitrogens with one attached hydrogen (secondary N) is 4. The maximum absolute atomic E-state index is 4.12. The fraction of sp³-hybridized carbons (Fsp3) is 1.00. The van der Waals surface area contributed by atoms with Crippen LogP contribution in [0.25, 0.3) is 0 Å². The monoisotopic (exact) mass is 352 g/mol. The van der Waals surface area contributed by atoms with Crippen LogP contribution in [0.3, 0.4) is 0 Å². The second-order valence-corrected chi connectivity index (χ2v) is 11.3. The van der Waals surface area contributed by atoms with Crippen LogP contribution in [-0.2, 0) is 0 Å². The molecule has 0 radical (unpaired) electrons. The fourth-order valence-electron chi connectivity index (χ4n) is 5.00. The molecule has 0 saturated heterocycles. The molecule has 24 heavy (non-hydrogen) atoms. The molecular weight excluding hydrogens is 312 g/mol. The van der Waals surface area contributed by atoms with E-state index in [9.17, 15) is 0 Å². The zero-order chi connectivity index (χ0) is 16.7. The molecule has 4 N–H and O–H groups in total. The first-order valence-electron chi connectivity index (χ1n) is 10.8. The summed E-state index contributed by atoms with van der Waals surface area (Å²) in [7, 11) is 0.143. The van der Waals surface area contributed by atoms with Crippen molar-refractivity contribution in [2.45, 2.75) is 114 Å². The molecule has 0 atom stereocenters. The van der Waals surface area contributed by atoms with Crippen molar-refractivity contribution in [3.05, 3.63) is 0 Å². The molecule has 0 bridgehead atoms. The van der Waals surface area contributed by atoms with Crippen LogP contribution >= 0.6 is 0 Å². The van der Waals surface area contributed by atoms with Gasteiger partial charge in [0, 0.05) is 18.1 Å². The highest BCUT2D eigenvalue weighted by atomic mass is 28.4. The van der Waals surface area contributed by atoms with Crippen molar-refractivity contribution in [2.24, 2.45) is 0 Å². The lowest BCUT2D eigenvalue weighted by Crippen LogP contribution is -2.84. The second kappa shape index (κ2) is 9.67. The van der Waals surface area contributed by atoms with Gasteiger partial charge >= 0.3 is 8.72 Å². The highest BCUT2D eigenvalue weighted by molar-refractivity contribution is 6.70. The summed E-state index contributed by atoms with van der Waals surface area (Å²) in [6.07, 6.45) is 20.8. The van der Waals surface area contributed by atoms with Crippen molar-refractivity contribution < 1.29 is 0 Å². The predicted molar refractivity (Wildman–Crippen MR) is 105 cm³/mol. The quantitative estimate of drug-likeness (QED) is 0.530. The van der Waals surface area contributed by atoms with Gasteiger partial charge in [0.15, 0.2) is 0 Å². The van der Waals surface area contributed by atoms with E-state index in [1.165, 1.54) is 96.3 Å². The van der Waals surface area contributed by atoms with Crippen molar-refractivity contribution in [3.63, 3.8) is 0 Å². The van der Waals surface area contributed by atoms with Gasteiger partial charge in [0.1, 0.15) is 0 Å². The molecule has 0 aliphatic heterocycles. The summed E-state index contributed by atoms with van der Waals surface area (Å²) in [5.41, 5.74) is 0. The first kappa shape index (κ1) is 18.8. The first-order chi connectivity index (χ1) is 11.8. The van der Waals surface area contributed by atoms with E-state index >= 15 is 0 Å². The molecule has 0 unspecified atom stereocenters. The third kappa shape index (κ3) is 5.53. The third-order valence-electron chi connectivity index (χ3n) is 6.45. The molecule has 4 nitrogen and oxygen atoms in total. The Balaban J connectivity index is 1.65. The van der Waals surface area contributed by atoms with Crippen LogP contribution in [0.15, 0.2) is 0 Å². The fourth-order valence-corrected chi connectivity index (χ4v) is 8.39. The van der Waals surface area contributed by atoms with Gasteiger partial charge in [0.05, 0.1) is 0 Å². The van der Waals surface area contributed by atoms with E-state index < -0.39 is 8.72 Å². The molecule has 140 valence electrons. The summed E-state index contributed by atoms with van der Waals surface area (Å²) < 4.78 is 0. The van der Waals surface area contributed by atoms with Crippen LogP contribution in [0.4, 0.5) is 0 Å². The van der Waals surface area contributed by atoms with Gasteiger partial charge in [-0.3, -0.25) is 14.9 Å². The topological polar surface area (TPSA) is 48.1 Å². The van der Waals surface area contributed by atoms with E-state index in [1.54, 1.807) is 0 Å². The molecule has 3 aliphatic carbocycles. The Bertz CT molecular complexity index is 297. The summed E-state index contributed by atoms with van der Waals surface area (Å²) in [5.74, 6) is 0. The Morgan fingerprint density at radius 3 is 1.04 bits per heavy atom. The molecule has 3 saturated carbocycles. The molecule has 0 aromatic heterocycles. The Morgan fingerprint density at radius 1 is 0.500 bits per heavy atom. The van der Waals surface area contributed by atoms with Gasteiger partial charge in [-0.05, 0) is 45.6 Å². The molecule has 0 aromatic rings. The van der Waals surface area contributed by atoms with Crippen LogP contribution in [0, 0.1) is 0 Å². The minimum atomic E-state index is -2.03. The van der Waals surface area contributed by atoms with Crippen molar-refractivity contribution in [2.75, 3.05) is 7.05 Å². The summed E-state index contributed by atoms with van der Waals surface area (Å²) >= 11 is 0. The first-order valence-corrected chi connectivity index (χ1v) is 12.8. The van der Waals surface area contributed by atoms with Gasteiger partial charge in [0.25, 0.3) is 0 Å². The van der Waals surface area contributed by atoms with Crippen LogP contribution < -0.4 is 19.9 Å². The largest absolute Gasteiger partial charge is 0.366 e. The molecule has 3 aliphatic rings. The van der Waals surface area contributed by atoms with E-state index in [-0.39, 0.29) is 0 Å². The SMILES string of the molecule is CN[Si](NC1CCCCC1)(NC1CCCCC1)NC1CCCCC1.